The minimum Gasteiger partial charge on any atom is -0.319 e. The molecule has 1 nitrogen and oxygen atoms in total. The summed E-state index contributed by atoms with van der Waals surface area (Å²) in [4.78, 5) is 0. The van der Waals surface area contributed by atoms with E-state index in [-0.39, 0.29) is 0 Å². The van der Waals surface area contributed by atoms with Gasteiger partial charge in [0.2, 0.25) is 0 Å². The molecule has 1 fully saturated rings. The number of hydrogen-bond acceptors (Lipinski definition) is 1. The Morgan fingerprint density at radius 3 is 2.40 bits per heavy atom. The molecule has 2 heteroatoms. The van der Waals surface area contributed by atoms with Crippen LogP contribution in [0.3, 0.4) is 0 Å². The summed E-state index contributed by atoms with van der Waals surface area (Å²) in [5.41, 5.74) is 1.88. The van der Waals surface area contributed by atoms with Gasteiger partial charge in [-0.1, -0.05) is 35.0 Å². The van der Waals surface area contributed by atoms with E-state index in [9.17, 15) is 0 Å². The first-order valence-electron chi connectivity index (χ1n) is 5.57. The molecule has 0 bridgehead atoms. The topological polar surface area (TPSA) is 12.0 Å². The van der Waals surface area contributed by atoms with Crippen LogP contribution in [-0.2, 0) is 5.41 Å². The Bertz CT molecular complexity index is 319. The monoisotopic (exact) mass is 267 g/mol. The van der Waals surface area contributed by atoms with Crippen molar-refractivity contribution in [2.45, 2.75) is 25.2 Å². The fourth-order valence-electron chi connectivity index (χ4n) is 2.90. The lowest BCUT2D eigenvalue weighted by molar-refractivity contribution is 0.155. The summed E-state index contributed by atoms with van der Waals surface area (Å²) in [5.74, 6) is 0.877. The lowest BCUT2D eigenvalue weighted by Crippen LogP contribution is -2.47. The molecule has 1 aliphatic carbocycles. The van der Waals surface area contributed by atoms with Gasteiger partial charge in [-0.2, -0.15) is 0 Å². The van der Waals surface area contributed by atoms with Crippen molar-refractivity contribution >= 4 is 15.9 Å². The quantitative estimate of drug-likeness (QED) is 0.886. The second-order valence-electron chi connectivity index (χ2n) is 4.83. The molecule has 0 atom stereocenters. The summed E-state index contributed by atoms with van der Waals surface area (Å²) < 4.78 is 1.17. The summed E-state index contributed by atoms with van der Waals surface area (Å²) in [6.45, 7) is 3.44. The highest BCUT2D eigenvalue weighted by atomic mass is 79.9. The van der Waals surface area contributed by atoms with E-state index < -0.39 is 0 Å². The van der Waals surface area contributed by atoms with Crippen molar-refractivity contribution in [3.63, 3.8) is 0 Å². The Morgan fingerprint density at radius 2 is 1.93 bits per heavy atom. The number of hydrogen-bond donors (Lipinski definition) is 1. The molecule has 1 aromatic carbocycles. The van der Waals surface area contributed by atoms with Crippen LogP contribution in [0, 0.1) is 5.92 Å². The first-order valence-corrected chi connectivity index (χ1v) is 6.36. The largest absolute Gasteiger partial charge is 0.319 e. The average Bonchev–Trinajstić information content (AvgIpc) is 2.16. The number of benzene rings is 1. The Hall–Kier alpha value is -0.340. The third-order valence-electron chi connectivity index (χ3n) is 3.45. The Morgan fingerprint density at radius 1 is 1.33 bits per heavy atom. The molecule has 0 radical (unpaired) electrons. The van der Waals surface area contributed by atoms with Gasteiger partial charge in [0.25, 0.3) is 0 Å². The van der Waals surface area contributed by atoms with Gasteiger partial charge in [0.1, 0.15) is 0 Å². The summed E-state index contributed by atoms with van der Waals surface area (Å²) in [5, 5.41) is 3.33. The average molecular weight is 268 g/mol. The van der Waals surface area contributed by atoms with Crippen molar-refractivity contribution in [2.24, 2.45) is 5.92 Å². The van der Waals surface area contributed by atoms with Gasteiger partial charge in [0.15, 0.2) is 0 Å². The fourth-order valence-corrected chi connectivity index (χ4v) is 3.16. The van der Waals surface area contributed by atoms with Gasteiger partial charge in [0.05, 0.1) is 0 Å². The molecule has 0 spiro atoms. The highest BCUT2D eigenvalue weighted by molar-refractivity contribution is 9.10. The van der Waals surface area contributed by atoms with Crippen molar-refractivity contribution in [1.82, 2.24) is 5.32 Å². The summed E-state index contributed by atoms with van der Waals surface area (Å²) in [6, 6.07) is 8.81. The zero-order valence-corrected chi connectivity index (χ0v) is 11.0. The van der Waals surface area contributed by atoms with Crippen LogP contribution >= 0.6 is 15.9 Å². The van der Waals surface area contributed by atoms with Gasteiger partial charge in [-0.05, 0) is 43.5 Å². The van der Waals surface area contributed by atoms with Crippen molar-refractivity contribution in [3.05, 3.63) is 34.3 Å². The maximum atomic E-state index is 3.49. The van der Waals surface area contributed by atoms with E-state index >= 15 is 0 Å². The third kappa shape index (κ3) is 2.11. The molecular weight excluding hydrogens is 250 g/mol. The molecule has 82 valence electrons. The molecule has 2 rings (SSSR count). The molecule has 1 aromatic rings. The zero-order valence-electron chi connectivity index (χ0n) is 9.39. The van der Waals surface area contributed by atoms with Gasteiger partial charge >= 0.3 is 0 Å². The van der Waals surface area contributed by atoms with Gasteiger partial charge in [0, 0.05) is 16.4 Å². The van der Waals surface area contributed by atoms with Gasteiger partial charge < -0.3 is 5.32 Å². The highest BCUT2D eigenvalue weighted by Crippen LogP contribution is 2.47. The van der Waals surface area contributed by atoms with E-state index in [1.807, 2.05) is 7.05 Å². The molecule has 0 heterocycles. The second-order valence-corrected chi connectivity index (χ2v) is 5.75. The standard InChI is InChI=1S/C13H18BrN/c1-10-7-13(8-10,9-15-2)11-3-5-12(14)6-4-11/h3-6,10,15H,7-9H2,1-2H3. The smallest absolute Gasteiger partial charge is 0.0175 e. The number of halogens is 1. The van der Waals surface area contributed by atoms with E-state index in [2.05, 4.69) is 52.4 Å². The van der Waals surface area contributed by atoms with Gasteiger partial charge in [-0.3, -0.25) is 0 Å². The van der Waals surface area contributed by atoms with Crippen molar-refractivity contribution in [1.29, 1.82) is 0 Å². The zero-order chi connectivity index (χ0) is 10.9. The predicted octanol–water partition coefficient (Wildman–Crippen LogP) is 3.34. The Kier molecular flexibility index (Phi) is 3.17. The van der Waals surface area contributed by atoms with Gasteiger partial charge in [-0.15, -0.1) is 0 Å². The maximum Gasteiger partial charge on any atom is 0.0175 e. The number of likely N-dealkylation sites (N-methyl/N-ethyl adjacent to an activating group) is 1. The number of rotatable bonds is 3. The van der Waals surface area contributed by atoms with Crippen molar-refractivity contribution in [2.75, 3.05) is 13.6 Å². The Labute approximate surface area is 100 Å². The van der Waals surface area contributed by atoms with E-state index in [4.69, 9.17) is 0 Å². The summed E-state index contributed by atoms with van der Waals surface area (Å²) >= 11 is 3.49. The Balaban J connectivity index is 2.22. The summed E-state index contributed by atoms with van der Waals surface area (Å²) in [6.07, 6.45) is 2.63. The van der Waals surface area contributed by atoms with Crippen molar-refractivity contribution in [3.8, 4) is 0 Å². The lowest BCUT2D eigenvalue weighted by atomic mass is 9.59. The molecule has 0 aromatic heterocycles. The van der Waals surface area contributed by atoms with Crippen LogP contribution in [0.25, 0.3) is 0 Å². The highest BCUT2D eigenvalue weighted by Gasteiger charge is 2.42. The van der Waals surface area contributed by atoms with Crippen molar-refractivity contribution < 1.29 is 0 Å². The van der Waals surface area contributed by atoms with Crippen LogP contribution in [0.5, 0.6) is 0 Å². The third-order valence-corrected chi connectivity index (χ3v) is 3.98. The van der Waals surface area contributed by atoms with E-state index in [1.54, 1.807) is 0 Å². The molecule has 0 amide bonds. The normalized spacial score (nSPS) is 29.9. The van der Waals surface area contributed by atoms with Crippen LogP contribution in [0.15, 0.2) is 28.7 Å². The first-order chi connectivity index (χ1) is 7.16. The molecule has 0 unspecified atom stereocenters. The minimum atomic E-state index is 0.398. The molecule has 0 aliphatic heterocycles. The second kappa shape index (κ2) is 4.26. The van der Waals surface area contributed by atoms with Crippen LogP contribution in [0.4, 0.5) is 0 Å². The van der Waals surface area contributed by atoms with E-state index in [0.717, 1.165) is 12.5 Å². The molecular formula is C13H18BrN. The van der Waals surface area contributed by atoms with E-state index in [1.165, 1.54) is 22.9 Å². The molecule has 1 saturated carbocycles. The van der Waals surface area contributed by atoms with Crippen LogP contribution < -0.4 is 5.32 Å². The molecule has 1 N–H and O–H groups in total. The molecule has 1 aliphatic rings. The minimum absolute atomic E-state index is 0.398. The molecule has 15 heavy (non-hydrogen) atoms. The lowest BCUT2D eigenvalue weighted by Gasteiger charge is -2.47. The molecule has 0 saturated heterocycles. The summed E-state index contributed by atoms with van der Waals surface area (Å²) in [7, 11) is 2.05. The maximum absolute atomic E-state index is 3.49. The van der Waals surface area contributed by atoms with Crippen LogP contribution in [-0.4, -0.2) is 13.6 Å². The number of nitrogens with one attached hydrogen (secondary N) is 1. The van der Waals surface area contributed by atoms with Crippen LogP contribution in [0.1, 0.15) is 25.3 Å². The SMILES string of the molecule is CNCC1(c2ccc(Br)cc2)CC(C)C1. The van der Waals surface area contributed by atoms with E-state index in [0.29, 0.717) is 5.41 Å². The fraction of sp³-hybridized carbons (Fsp3) is 0.538. The van der Waals surface area contributed by atoms with Gasteiger partial charge in [-0.25, -0.2) is 0 Å². The predicted molar refractivity (Wildman–Crippen MR) is 68.1 cm³/mol. The van der Waals surface area contributed by atoms with Crippen LogP contribution in [0.2, 0.25) is 0 Å². The first kappa shape index (κ1) is 11.2.